The van der Waals surface area contributed by atoms with E-state index < -0.39 is 25.8 Å². The molecule has 0 atom stereocenters. The minimum atomic E-state index is -2.28. The largest absolute Gasteiger partial charge is 1.00 e. The fourth-order valence-electron chi connectivity index (χ4n) is 5.16. The molecule has 0 unspecified atom stereocenters. The van der Waals surface area contributed by atoms with E-state index in [0.717, 1.165) is 12.8 Å². The quantitative estimate of drug-likeness (QED) is 0.246. The van der Waals surface area contributed by atoms with Gasteiger partial charge in [0.1, 0.15) is 0 Å². The Kier molecular flexibility index (Phi) is 8.27. The third kappa shape index (κ3) is 4.62. The number of allylic oxidation sites excluding steroid dienone is 4. The average molecular weight is 575 g/mol. The molecule has 0 spiro atoms. The summed E-state index contributed by atoms with van der Waals surface area (Å²) in [5.74, 6) is 0. The van der Waals surface area contributed by atoms with Gasteiger partial charge in [-0.1, -0.05) is 0 Å². The minimum absolute atomic E-state index is 0. The van der Waals surface area contributed by atoms with Gasteiger partial charge in [0.25, 0.3) is 0 Å². The van der Waals surface area contributed by atoms with E-state index in [4.69, 9.17) is 0 Å². The monoisotopic (exact) mass is 572 g/mol. The van der Waals surface area contributed by atoms with Gasteiger partial charge in [-0.15, -0.1) is 0 Å². The first-order chi connectivity index (χ1) is 15.9. The van der Waals surface area contributed by atoms with E-state index in [1.54, 1.807) is 22.5 Å². The van der Waals surface area contributed by atoms with E-state index in [0.29, 0.717) is 0 Å². The molecule has 0 amide bonds. The third-order valence-corrected chi connectivity index (χ3v) is 25.3. The van der Waals surface area contributed by atoms with Crippen LogP contribution in [0, 0.1) is 0 Å². The van der Waals surface area contributed by atoms with E-state index >= 15 is 0 Å². The molecule has 0 radical (unpaired) electrons. The first-order valence-electron chi connectivity index (χ1n) is 11.3. The Bertz CT molecular complexity index is 1360. The van der Waals surface area contributed by atoms with E-state index in [1.165, 1.54) is 16.7 Å². The maximum atomic E-state index is 2.50. The van der Waals surface area contributed by atoms with Crippen LogP contribution in [0.5, 0.6) is 0 Å². The first-order valence-corrected chi connectivity index (χ1v) is 19.0. The van der Waals surface area contributed by atoms with Gasteiger partial charge in [-0.05, 0) is 0 Å². The zero-order valence-corrected chi connectivity index (χ0v) is 23.7. The second-order valence-electron chi connectivity index (χ2n) is 8.47. The van der Waals surface area contributed by atoms with Crippen LogP contribution in [0.15, 0.2) is 125 Å². The molecule has 0 aliphatic heterocycles. The van der Waals surface area contributed by atoms with Gasteiger partial charge in [-0.3, -0.25) is 0 Å². The van der Waals surface area contributed by atoms with Gasteiger partial charge in [-0.2, -0.15) is 0 Å². The van der Waals surface area contributed by atoms with E-state index in [1.807, 2.05) is 0 Å². The number of hydrogen-bond donors (Lipinski definition) is 0. The molecule has 0 N–H and O–H groups in total. The Morgan fingerprint density at radius 3 is 1.88 bits per heavy atom. The summed E-state index contributed by atoms with van der Waals surface area (Å²) in [4.78, 5) is 0. The van der Waals surface area contributed by atoms with Crippen LogP contribution in [-0.4, -0.2) is 5.43 Å². The first kappa shape index (κ1) is 25.1. The number of fused-ring (bicyclic) bond motifs is 3. The summed E-state index contributed by atoms with van der Waals surface area (Å²) in [6, 6.07) is 39.0. The van der Waals surface area contributed by atoms with Crippen molar-refractivity contribution in [3.05, 3.63) is 136 Å². The van der Waals surface area contributed by atoms with E-state index in [9.17, 15) is 0 Å². The molecule has 0 saturated heterocycles. The van der Waals surface area contributed by atoms with Gasteiger partial charge in [0, 0.05) is 0 Å². The Morgan fingerprint density at radius 2 is 1.24 bits per heavy atom. The van der Waals surface area contributed by atoms with Crippen LogP contribution < -0.4 is 38.5 Å². The molecular formula is C30H24Cl2SiZr. The van der Waals surface area contributed by atoms with Crippen molar-refractivity contribution in [2.24, 2.45) is 0 Å². The van der Waals surface area contributed by atoms with Crippen LogP contribution in [0.25, 0.3) is 11.1 Å². The molecular weight excluding hydrogens is 551 g/mol. The molecule has 0 saturated carbocycles. The SMILES string of the molecule is C1=CC[C]([Zr+2]([c]2cccc3c2Cc2ccccc2-3)=[Si](c2ccccc2)c2ccccc2)=C1.[Cl-].[Cl-]. The van der Waals surface area contributed by atoms with Crippen molar-refractivity contribution < 1.29 is 45.2 Å². The average Bonchev–Trinajstić information content (AvgIpc) is 3.52. The Morgan fingerprint density at radius 1 is 0.618 bits per heavy atom. The van der Waals surface area contributed by atoms with Crippen molar-refractivity contribution in [2.45, 2.75) is 12.8 Å². The Labute approximate surface area is 222 Å². The molecule has 0 heterocycles. The summed E-state index contributed by atoms with van der Waals surface area (Å²) in [7, 11) is 0. The second kappa shape index (κ2) is 11.2. The molecule has 2 aliphatic carbocycles. The van der Waals surface area contributed by atoms with Gasteiger partial charge >= 0.3 is 199 Å². The van der Waals surface area contributed by atoms with E-state index in [-0.39, 0.29) is 24.8 Å². The second-order valence-corrected chi connectivity index (χ2v) is 21.8. The smallest absolute Gasteiger partial charge is 1.00 e. The molecule has 0 bridgehead atoms. The fourth-order valence-corrected chi connectivity index (χ4v) is 25.5. The Hall–Kier alpha value is -1.96. The van der Waals surface area contributed by atoms with Crippen molar-refractivity contribution in [1.82, 2.24) is 0 Å². The van der Waals surface area contributed by atoms with Crippen LogP contribution in [-0.2, 0) is 26.8 Å². The molecule has 4 aromatic rings. The molecule has 0 fully saturated rings. The van der Waals surface area contributed by atoms with Gasteiger partial charge in [0.15, 0.2) is 0 Å². The van der Waals surface area contributed by atoms with Crippen molar-refractivity contribution >= 4 is 19.1 Å². The molecule has 34 heavy (non-hydrogen) atoms. The number of benzene rings is 4. The van der Waals surface area contributed by atoms with Crippen LogP contribution >= 0.6 is 0 Å². The maximum absolute atomic E-state index is 2.50. The van der Waals surface area contributed by atoms with Gasteiger partial charge in [-0.25, -0.2) is 0 Å². The van der Waals surface area contributed by atoms with Crippen LogP contribution in [0.1, 0.15) is 17.5 Å². The summed E-state index contributed by atoms with van der Waals surface area (Å²) in [5.41, 5.74) is 5.13. The summed E-state index contributed by atoms with van der Waals surface area (Å²) in [6.45, 7) is 0. The van der Waals surface area contributed by atoms with Crippen LogP contribution in [0.4, 0.5) is 0 Å². The summed E-state index contributed by atoms with van der Waals surface area (Å²) < 4.78 is 3.47. The molecule has 6 rings (SSSR count). The number of rotatable bonds is 4. The van der Waals surface area contributed by atoms with Gasteiger partial charge in [0.2, 0.25) is 0 Å². The maximum Gasteiger partial charge on any atom is -1.00 e. The van der Waals surface area contributed by atoms with Crippen molar-refractivity contribution in [3.8, 4) is 11.1 Å². The van der Waals surface area contributed by atoms with Crippen molar-refractivity contribution in [3.63, 3.8) is 0 Å². The predicted molar refractivity (Wildman–Crippen MR) is 134 cm³/mol. The van der Waals surface area contributed by atoms with Gasteiger partial charge < -0.3 is 24.8 Å². The van der Waals surface area contributed by atoms with Crippen molar-refractivity contribution in [2.75, 3.05) is 0 Å². The fraction of sp³-hybridized carbons (Fsp3) is 0.0667. The van der Waals surface area contributed by atoms with E-state index in [2.05, 4.69) is 121 Å². The number of halogens is 2. The molecule has 2 aliphatic rings. The summed E-state index contributed by atoms with van der Waals surface area (Å²) >= 11 is -2.28. The standard InChI is InChI=1S/C13H9.C12H10Si.C5H5.2ClH.Zr/c1-3-7-12-10(5-1)9-11-6-2-4-8-13(11)12;1-3-7-11(8-4-1)13-12-9-5-2-6-10-12;1-2-4-5-3-1;;;/h1-5,7-8H,9H2;1-10H;1-3H,4H2;2*1H;/q;;;;;+2/p-2. The predicted octanol–water partition coefficient (Wildman–Crippen LogP) is -0.841. The third-order valence-electron chi connectivity index (χ3n) is 6.59. The van der Waals surface area contributed by atoms with Crippen molar-refractivity contribution in [1.29, 1.82) is 0 Å². The molecule has 4 heteroatoms. The minimum Gasteiger partial charge on any atom is -1.00 e. The molecule has 166 valence electrons. The van der Waals surface area contributed by atoms with Crippen LogP contribution in [0.3, 0.4) is 0 Å². The zero-order valence-electron chi connectivity index (χ0n) is 18.7. The summed E-state index contributed by atoms with van der Waals surface area (Å²) in [6.07, 6.45) is 9.35. The molecule has 0 aromatic heterocycles. The molecule has 4 aromatic carbocycles. The zero-order chi connectivity index (χ0) is 21.3. The number of hydrogen-bond acceptors (Lipinski definition) is 0. The topological polar surface area (TPSA) is 0 Å². The normalized spacial score (nSPS) is 12.4. The molecule has 0 nitrogen and oxygen atoms in total. The Balaban J connectivity index is 0.00000137. The van der Waals surface area contributed by atoms with Crippen LogP contribution in [0.2, 0.25) is 0 Å². The van der Waals surface area contributed by atoms with Gasteiger partial charge in [0.05, 0.1) is 0 Å². The summed E-state index contributed by atoms with van der Waals surface area (Å²) in [5, 5.41) is 3.14.